The Hall–Kier alpha value is -2.63. The maximum absolute atomic E-state index is 5.24. The standard InChI is InChI=1S/C15H17N5O/c1-10-4-5-12(15-18-17-9-21-15)6-14(10)16-7-13-8-20(3)19-11(13)2/h4-6,8-9,16H,7H2,1-3H3. The number of aromatic nitrogens is 4. The van der Waals surface area contributed by atoms with Gasteiger partial charge in [0.05, 0.1) is 5.69 Å². The van der Waals surface area contributed by atoms with Crippen molar-refractivity contribution in [3.8, 4) is 11.5 Å². The van der Waals surface area contributed by atoms with Gasteiger partial charge in [-0.3, -0.25) is 4.68 Å². The lowest BCUT2D eigenvalue weighted by Crippen LogP contribution is -2.01. The minimum Gasteiger partial charge on any atom is -0.423 e. The molecule has 3 rings (SSSR count). The van der Waals surface area contributed by atoms with Gasteiger partial charge in [0.25, 0.3) is 0 Å². The van der Waals surface area contributed by atoms with Crippen LogP contribution >= 0.6 is 0 Å². The van der Waals surface area contributed by atoms with E-state index in [1.165, 1.54) is 17.5 Å². The van der Waals surface area contributed by atoms with Gasteiger partial charge in [0.15, 0.2) is 0 Å². The second-order valence-corrected chi connectivity index (χ2v) is 5.04. The van der Waals surface area contributed by atoms with Gasteiger partial charge in [-0.2, -0.15) is 5.10 Å². The quantitative estimate of drug-likeness (QED) is 0.797. The second kappa shape index (κ2) is 5.40. The molecule has 0 radical (unpaired) electrons. The van der Waals surface area contributed by atoms with Crippen LogP contribution in [-0.4, -0.2) is 20.0 Å². The van der Waals surface area contributed by atoms with Crippen LogP contribution in [0.1, 0.15) is 16.8 Å². The fourth-order valence-corrected chi connectivity index (χ4v) is 2.26. The molecule has 108 valence electrons. The molecule has 1 N–H and O–H groups in total. The van der Waals surface area contributed by atoms with Gasteiger partial charge in [0.2, 0.25) is 12.3 Å². The van der Waals surface area contributed by atoms with Gasteiger partial charge in [-0.15, -0.1) is 10.2 Å². The third-order valence-electron chi connectivity index (χ3n) is 3.43. The third-order valence-corrected chi connectivity index (χ3v) is 3.43. The molecular weight excluding hydrogens is 266 g/mol. The van der Waals surface area contributed by atoms with Crippen LogP contribution in [0.2, 0.25) is 0 Å². The van der Waals surface area contributed by atoms with Crippen molar-refractivity contribution in [2.75, 3.05) is 5.32 Å². The highest BCUT2D eigenvalue weighted by atomic mass is 16.4. The predicted molar refractivity (Wildman–Crippen MR) is 79.7 cm³/mol. The van der Waals surface area contributed by atoms with Gasteiger partial charge in [0, 0.05) is 36.6 Å². The molecular formula is C15H17N5O. The largest absolute Gasteiger partial charge is 0.423 e. The topological polar surface area (TPSA) is 68.8 Å². The summed E-state index contributed by atoms with van der Waals surface area (Å²) in [6.07, 6.45) is 3.36. The van der Waals surface area contributed by atoms with Crippen LogP contribution in [-0.2, 0) is 13.6 Å². The summed E-state index contributed by atoms with van der Waals surface area (Å²) in [5.74, 6) is 0.524. The van der Waals surface area contributed by atoms with E-state index in [1.807, 2.05) is 43.0 Å². The van der Waals surface area contributed by atoms with E-state index < -0.39 is 0 Å². The van der Waals surface area contributed by atoms with E-state index in [4.69, 9.17) is 4.42 Å². The van der Waals surface area contributed by atoms with Crippen LogP contribution in [0, 0.1) is 13.8 Å². The maximum atomic E-state index is 5.24. The normalized spacial score (nSPS) is 10.8. The van der Waals surface area contributed by atoms with Crippen molar-refractivity contribution in [3.05, 3.63) is 47.6 Å². The van der Waals surface area contributed by atoms with Crippen LogP contribution < -0.4 is 5.32 Å². The number of hydrogen-bond donors (Lipinski definition) is 1. The van der Waals surface area contributed by atoms with E-state index in [2.05, 4.69) is 27.5 Å². The van der Waals surface area contributed by atoms with E-state index in [-0.39, 0.29) is 0 Å². The fraction of sp³-hybridized carbons (Fsp3) is 0.267. The van der Waals surface area contributed by atoms with Crippen LogP contribution in [0.15, 0.2) is 35.2 Å². The zero-order valence-corrected chi connectivity index (χ0v) is 12.3. The van der Waals surface area contributed by atoms with Gasteiger partial charge in [0.1, 0.15) is 0 Å². The third kappa shape index (κ3) is 2.79. The Morgan fingerprint density at radius 2 is 2.14 bits per heavy atom. The van der Waals surface area contributed by atoms with E-state index in [0.717, 1.165) is 23.5 Å². The highest BCUT2D eigenvalue weighted by molar-refractivity contribution is 5.64. The lowest BCUT2D eigenvalue weighted by molar-refractivity contribution is 0.568. The number of anilines is 1. The van der Waals surface area contributed by atoms with Crippen LogP contribution in [0.3, 0.4) is 0 Å². The first kappa shape index (κ1) is 13.4. The molecule has 0 saturated heterocycles. The highest BCUT2D eigenvalue weighted by Gasteiger charge is 2.08. The van der Waals surface area contributed by atoms with Crippen molar-refractivity contribution in [1.29, 1.82) is 0 Å². The number of rotatable bonds is 4. The minimum atomic E-state index is 0.524. The average Bonchev–Trinajstić information content (AvgIpc) is 3.08. The Kier molecular flexibility index (Phi) is 3.43. The number of nitrogens with one attached hydrogen (secondary N) is 1. The smallest absolute Gasteiger partial charge is 0.247 e. The molecule has 0 atom stereocenters. The Bertz CT molecular complexity index is 746. The molecule has 3 aromatic rings. The van der Waals surface area contributed by atoms with Gasteiger partial charge in [-0.1, -0.05) is 6.07 Å². The highest BCUT2D eigenvalue weighted by Crippen LogP contribution is 2.24. The van der Waals surface area contributed by atoms with Crippen LogP contribution in [0.25, 0.3) is 11.5 Å². The van der Waals surface area contributed by atoms with Crippen molar-refractivity contribution in [3.63, 3.8) is 0 Å². The van der Waals surface area contributed by atoms with E-state index in [1.54, 1.807) is 0 Å². The number of aryl methyl sites for hydroxylation is 3. The van der Waals surface area contributed by atoms with Gasteiger partial charge in [-0.25, -0.2) is 0 Å². The molecule has 0 saturated carbocycles. The van der Waals surface area contributed by atoms with Crippen molar-refractivity contribution in [2.24, 2.45) is 7.05 Å². The van der Waals surface area contributed by atoms with E-state index in [0.29, 0.717) is 5.89 Å². The molecule has 21 heavy (non-hydrogen) atoms. The lowest BCUT2D eigenvalue weighted by Gasteiger charge is -2.10. The number of hydrogen-bond acceptors (Lipinski definition) is 5. The monoisotopic (exact) mass is 283 g/mol. The number of nitrogens with zero attached hydrogens (tertiary/aromatic N) is 4. The molecule has 6 heteroatoms. The Morgan fingerprint density at radius 3 is 2.81 bits per heavy atom. The van der Waals surface area contributed by atoms with Gasteiger partial charge < -0.3 is 9.73 Å². The molecule has 0 unspecified atom stereocenters. The first-order valence-corrected chi connectivity index (χ1v) is 6.73. The molecule has 0 amide bonds. The first-order valence-electron chi connectivity index (χ1n) is 6.73. The van der Waals surface area contributed by atoms with Crippen molar-refractivity contribution in [1.82, 2.24) is 20.0 Å². The van der Waals surface area contributed by atoms with Crippen molar-refractivity contribution >= 4 is 5.69 Å². The summed E-state index contributed by atoms with van der Waals surface area (Å²) in [6.45, 7) is 4.81. The van der Waals surface area contributed by atoms with Gasteiger partial charge in [-0.05, 0) is 31.5 Å². The minimum absolute atomic E-state index is 0.524. The summed E-state index contributed by atoms with van der Waals surface area (Å²) in [4.78, 5) is 0. The number of benzene rings is 1. The molecule has 0 spiro atoms. The summed E-state index contributed by atoms with van der Waals surface area (Å²) in [6, 6.07) is 6.04. The van der Waals surface area contributed by atoms with E-state index >= 15 is 0 Å². The van der Waals surface area contributed by atoms with Crippen LogP contribution in [0.5, 0.6) is 0 Å². The summed E-state index contributed by atoms with van der Waals surface area (Å²) < 4.78 is 7.06. The SMILES string of the molecule is Cc1ccc(-c2nnco2)cc1NCc1cn(C)nc1C. The summed E-state index contributed by atoms with van der Waals surface area (Å²) in [5, 5.41) is 15.4. The second-order valence-electron chi connectivity index (χ2n) is 5.04. The molecule has 0 aliphatic carbocycles. The Balaban J connectivity index is 1.82. The average molecular weight is 283 g/mol. The zero-order chi connectivity index (χ0) is 14.8. The summed E-state index contributed by atoms with van der Waals surface area (Å²) in [7, 11) is 1.93. The molecule has 6 nitrogen and oxygen atoms in total. The van der Waals surface area contributed by atoms with Crippen molar-refractivity contribution in [2.45, 2.75) is 20.4 Å². The summed E-state index contributed by atoms with van der Waals surface area (Å²) in [5.41, 5.74) is 5.34. The van der Waals surface area contributed by atoms with Gasteiger partial charge >= 0.3 is 0 Å². The first-order chi connectivity index (χ1) is 10.1. The molecule has 0 bridgehead atoms. The van der Waals surface area contributed by atoms with Crippen LogP contribution in [0.4, 0.5) is 5.69 Å². The summed E-state index contributed by atoms with van der Waals surface area (Å²) >= 11 is 0. The van der Waals surface area contributed by atoms with E-state index in [9.17, 15) is 0 Å². The lowest BCUT2D eigenvalue weighted by atomic mass is 10.1. The molecule has 0 aliphatic rings. The Labute approximate surface area is 122 Å². The molecule has 1 aromatic carbocycles. The van der Waals surface area contributed by atoms with Crippen molar-refractivity contribution < 1.29 is 4.42 Å². The molecule has 2 heterocycles. The molecule has 0 aliphatic heterocycles. The Morgan fingerprint density at radius 1 is 1.29 bits per heavy atom. The predicted octanol–water partition coefficient (Wildman–Crippen LogP) is 2.70. The molecule has 2 aromatic heterocycles. The fourth-order valence-electron chi connectivity index (χ4n) is 2.26. The zero-order valence-electron chi connectivity index (χ0n) is 12.3. The molecule has 0 fully saturated rings. The maximum Gasteiger partial charge on any atom is 0.247 e.